The first-order valence-corrected chi connectivity index (χ1v) is 10.7. The predicted octanol–water partition coefficient (Wildman–Crippen LogP) is 4.25. The van der Waals surface area contributed by atoms with Crippen molar-refractivity contribution in [2.24, 2.45) is 5.92 Å². The van der Waals surface area contributed by atoms with E-state index in [2.05, 4.69) is 20.4 Å². The third kappa shape index (κ3) is 4.49. The molecule has 0 radical (unpaired) electrons. The van der Waals surface area contributed by atoms with Gasteiger partial charge in [0.15, 0.2) is 5.82 Å². The van der Waals surface area contributed by atoms with Gasteiger partial charge in [0.2, 0.25) is 11.8 Å². The van der Waals surface area contributed by atoms with Crippen molar-refractivity contribution in [3.05, 3.63) is 34.6 Å². The molecule has 1 aliphatic heterocycles. The lowest BCUT2D eigenvalue weighted by molar-refractivity contribution is -0.137. The Kier molecular flexibility index (Phi) is 5.85. The number of alkyl halides is 3. The van der Waals surface area contributed by atoms with E-state index in [9.17, 15) is 18.0 Å². The average Bonchev–Trinajstić information content (AvgIpc) is 3.37. The number of halogens is 4. The van der Waals surface area contributed by atoms with Crippen molar-refractivity contribution in [1.29, 1.82) is 0 Å². The molecule has 7 nitrogen and oxygen atoms in total. The summed E-state index contributed by atoms with van der Waals surface area (Å²) in [5.41, 5.74) is -1.47. The molecule has 168 valence electrons. The summed E-state index contributed by atoms with van der Waals surface area (Å²) >= 11 is 6.06. The number of aryl methyl sites for hydroxylation is 1. The fourth-order valence-electron chi connectivity index (χ4n) is 4.39. The molecule has 2 aromatic rings. The highest BCUT2D eigenvalue weighted by molar-refractivity contribution is 6.33. The van der Waals surface area contributed by atoms with Gasteiger partial charge in [-0.3, -0.25) is 4.79 Å². The molecule has 2 aliphatic rings. The maximum absolute atomic E-state index is 13.0. The molecule has 31 heavy (non-hydrogen) atoms. The number of hydrogen-bond acceptors (Lipinski definition) is 6. The van der Waals surface area contributed by atoms with Gasteiger partial charge in [0.1, 0.15) is 11.4 Å². The van der Waals surface area contributed by atoms with Gasteiger partial charge in [-0.25, -0.2) is 4.98 Å². The van der Waals surface area contributed by atoms with E-state index in [1.54, 1.807) is 6.92 Å². The Bertz CT molecular complexity index is 951. The molecule has 0 bridgehead atoms. The Labute approximate surface area is 182 Å². The predicted molar refractivity (Wildman–Crippen MR) is 107 cm³/mol. The first-order chi connectivity index (χ1) is 14.7. The van der Waals surface area contributed by atoms with Gasteiger partial charge in [0.25, 0.3) is 0 Å². The molecule has 0 aromatic carbocycles. The van der Waals surface area contributed by atoms with Crippen molar-refractivity contribution in [2.75, 3.05) is 18.0 Å². The zero-order valence-corrected chi connectivity index (χ0v) is 17.8. The minimum absolute atomic E-state index is 0.0462. The van der Waals surface area contributed by atoms with Crippen LogP contribution in [0.2, 0.25) is 5.02 Å². The van der Waals surface area contributed by atoms with Gasteiger partial charge in [-0.2, -0.15) is 18.2 Å². The summed E-state index contributed by atoms with van der Waals surface area (Å²) in [7, 11) is 0. The summed E-state index contributed by atoms with van der Waals surface area (Å²) in [6.07, 6.45) is 0.876. The van der Waals surface area contributed by atoms with Crippen molar-refractivity contribution < 1.29 is 22.5 Å². The van der Waals surface area contributed by atoms with E-state index in [1.165, 1.54) is 0 Å². The lowest BCUT2D eigenvalue weighted by Gasteiger charge is -2.35. The van der Waals surface area contributed by atoms with Crippen LogP contribution in [-0.2, 0) is 16.5 Å². The summed E-state index contributed by atoms with van der Waals surface area (Å²) in [5.74, 6) is 1.02. The second-order valence-corrected chi connectivity index (χ2v) is 8.61. The van der Waals surface area contributed by atoms with Crippen LogP contribution in [-0.4, -0.2) is 34.1 Å². The van der Waals surface area contributed by atoms with E-state index < -0.39 is 17.3 Å². The molecule has 1 amide bonds. The quantitative estimate of drug-likeness (QED) is 0.739. The van der Waals surface area contributed by atoms with Crippen LogP contribution in [0.4, 0.5) is 19.0 Å². The zero-order chi connectivity index (χ0) is 22.2. The van der Waals surface area contributed by atoms with Gasteiger partial charge >= 0.3 is 6.18 Å². The van der Waals surface area contributed by atoms with Crippen LogP contribution in [0.5, 0.6) is 0 Å². The monoisotopic (exact) mass is 457 g/mol. The van der Waals surface area contributed by atoms with Gasteiger partial charge in [0.05, 0.1) is 10.6 Å². The molecular formula is C20H23ClF3N5O2. The van der Waals surface area contributed by atoms with Gasteiger partial charge < -0.3 is 14.7 Å². The van der Waals surface area contributed by atoms with Crippen LogP contribution in [0, 0.1) is 12.8 Å². The van der Waals surface area contributed by atoms with Crippen LogP contribution < -0.4 is 10.2 Å². The minimum Gasteiger partial charge on any atom is -0.355 e. The third-order valence-electron chi connectivity index (χ3n) is 6.09. The van der Waals surface area contributed by atoms with Crippen molar-refractivity contribution in [3.8, 4) is 0 Å². The normalized spacial score (nSPS) is 19.6. The van der Waals surface area contributed by atoms with Crippen LogP contribution in [0.15, 0.2) is 16.8 Å². The van der Waals surface area contributed by atoms with Gasteiger partial charge in [0, 0.05) is 32.1 Å². The van der Waals surface area contributed by atoms with E-state index >= 15 is 0 Å². The second-order valence-electron chi connectivity index (χ2n) is 8.20. The van der Waals surface area contributed by atoms with Gasteiger partial charge in [-0.1, -0.05) is 29.6 Å². The molecule has 3 heterocycles. The molecular weight excluding hydrogens is 435 g/mol. The third-order valence-corrected chi connectivity index (χ3v) is 6.37. The molecule has 1 saturated heterocycles. The van der Waals surface area contributed by atoms with E-state index in [1.807, 2.05) is 4.90 Å². The zero-order valence-electron chi connectivity index (χ0n) is 17.0. The Morgan fingerprint density at radius 1 is 1.29 bits per heavy atom. The maximum Gasteiger partial charge on any atom is 0.417 e. The lowest BCUT2D eigenvalue weighted by Crippen LogP contribution is -2.49. The topological polar surface area (TPSA) is 84.2 Å². The molecule has 4 rings (SSSR count). The summed E-state index contributed by atoms with van der Waals surface area (Å²) in [4.78, 5) is 23.1. The summed E-state index contributed by atoms with van der Waals surface area (Å²) < 4.78 is 43.6. The van der Waals surface area contributed by atoms with Crippen LogP contribution in [0.1, 0.15) is 55.8 Å². The number of amides is 1. The maximum atomic E-state index is 13.0. The number of nitrogens with one attached hydrogen (secondary N) is 1. The highest BCUT2D eigenvalue weighted by Crippen LogP contribution is 2.38. The molecule has 1 aliphatic carbocycles. The highest BCUT2D eigenvalue weighted by Gasteiger charge is 2.42. The Morgan fingerprint density at radius 3 is 2.52 bits per heavy atom. The van der Waals surface area contributed by atoms with Crippen molar-refractivity contribution >= 4 is 23.3 Å². The van der Waals surface area contributed by atoms with E-state index in [-0.39, 0.29) is 16.8 Å². The van der Waals surface area contributed by atoms with Gasteiger partial charge in [-0.05, 0) is 31.7 Å². The van der Waals surface area contributed by atoms with E-state index in [4.69, 9.17) is 16.1 Å². The average molecular weight is 458 g/mol. The minimum atomic E-state index is -4.49. The molecule has 0 atom stereocenters. The number of carbonyl (C=O) groups excluding carboxylic acids is 1. The first kappa shape index (κ1) is 21.9. The largest absolute Gasteiger partial charge is 0.417 e. The Hall–Kier alpha value is -2.36. The number of rotatable bonds is 4. The Balaban J connectivity index is 1.40. The molecule has 11 heteroatoms. The molecule has 1 saturated carbocycles. The SMILES string of the molecule is Cc1nc(C2(NC(=O)C3CCN(c4ncc(C(F)(F)F)cc4Cl)CC3)CCCC2)no1. The molecule has 0 spiro atoms. The summed E-state index contributed by atoms with van der Waals surface area (Å²) in [5, 5.41) is 7.17. The molecule has 0 unspecified atom stereocenters. The van der Waals surface area contributed by atoms with E-state index in [0.717, 1.165) is 37.9 Å². The number of nitrogens with zero attached hydrogens (tertiary/aromatic N) is 4. The van der Waals surface area contributed by atoms with E-state index in [0.29, 0.717) is 43.5 Å². The fourth-order valence-corrected chi connectivity index (χ4v) is 4.67. The lowest BCUT2D eigenvalue weighted by atomic mass is 9.91. The first-order valence-electron chi connectivity index (χ1n) is 10.3. The van der Waals surface area contributed by atoms with Crippen LogP contribution >= 0.6 is 11.6 Å². The molecule has 2 aromatic heterocycles. The number of piperidine rings is 1. The highest BCUT2D eigenvalue weighted by atomic mass is 35.5. The van der Waals surface area contributed by atoms with Crippen molar-refractivity contribution in [1.82, 2.24) is 20.4 Å². The molecule has 2 fully saturated rings. The standard InChI is InChI=1S/C20H23ClF3N5O2/c1-12-26-18(28-31-12)19(6-2-3-7-19)27-17(30)13-4-8-29(9-5-13)16-15(21)10-14(11-25-16)20(22,23)24/h10-11,13H,2-9H2,1H3,(H,27,30). The van der Waals surface area contributed by atoms with Crippen molar-refractivity contribution in [2.45, 2.75) is 57.2 Å². The second kappa shape index (κ2) is 8.29. The number of aromatic nitrogens is 3. The number of carbonyl (C=O) groups is 1. The number of pyridine rings is 1. The van der Waals surface area contributed by atoms with Gasteiger partial charge in [-0.15, -0.1) is 0 Å². The number of anilines is 1. The Morgan fingerprint density at radius 2 is 1.97 bits per heavy atom. The van der Waals surface area contributed by atoms with Crippen LogP contribution in [0.25, 0.3) is 0 Å². The fraction of sp³-hybridized carbons (Fsp3) is 0.600. The number of hydrogen-bond donors (Lipinski definition) is 1. The summed E-state index contributed by atoms with van der Waals surface area (Å²) in [6.45, 7) is 2.67. The smallest absolute Gasteiger partial charge is 0.355 e. The summed E-state index contributed by atoms with van der Waals surface area (Å²) in [6, 6.07) is 0.888. The molecule has 1 N–H and O–H groups in total. The van der Waals surface area contributed by atoms with Crippen LogP contribution in [0.3, 0.4) is 0 Å². The van der Waals surface area contributed by atoms with Crippen molar-refractivity contribution in [3.63, 3.8) is 0 Å².